The van der Waals surface area contributed by atoms with Crippen LogP contribution in [0, 0.1) is 20.8 Å². The lowest BCUT2D eigenvalue weighted by atomic mass is 9.33. The van der Waals surface area contributed by atoms with Gasteiger partial charge in [-0.2, -0.15) is 0 Å². The molecular formula is C53H51BN2Si. The molecule has 0 aromatic heterocycles. The van der Waals surface area contributed by atoms with Gasteiger partial charge < -0.3 is 9.80 Å². The first kappa shape index (κ1) is 35.8. The van der Waals surface area contributed by atoms with Crippen LogP contribution in [-0.2, 0) is 10.8 Å². The number of nitrogens with zero attached hydrogens (tertiary/aromatic N) is 2. The maximum atomic E-state index is 2.68. The predicted octanol–water partition coefficient (Wildman–Crippen LogP) is 8.98. The third kappa shape index (κ3) is 5.22. The maximum Gasteiger partial charge on any atom is 0.252 e. The summed E-state index contributed by atoms with van der Waals surface area (Å²) in [7, 11) is -2.84. The van der Waals surface area contributed by atoms with Gasteiger partial charge in [-0.1, -0.05) is 162 Å². The summed E-state index contributed by atoms with van der Waals surface area (Å²) < 4.78 is 0. The number of aryl methyl sites for hydroxylation is 3. The Morgan fingerprint density at radius 2 is 0.982 bits per heavy atom. The highest BCUT2D eigenvalue weighted by molar-refractivity contribution is 7.22. The SMILES string of the molecule is Cc1cc2c3c(c1)N1c4ccc(C)cc4[Si](c4ccccc4)(c4ccccc4)c4cc(C)cc(c41)B3c1cc(C(C)(C)C)ccc1N2c1ccc(C(C)(C)C)cc1. The molecule has 10 rings (SSSR count). The van der Waals surface area contributed by atoms with Crippen molar-refractivity contribution in [3.05, 3.63) is 173 Å². The Balaban J connectivity index is 1.36. The van der Waals surface area contributed by atoms with Crippen LogP contribution in [0.15, 0.2) is 146 Å². The van der Waals surface area contributed by atoms with Crippen molar-refractivity contribution in [2.45, 2.75) is 73.1 Å². The lowest BCUT2D eigenvalue weighted by Gasteiger charge is -2.51. The van der Waals surface area contributed by atoms with E-state index < -0.39 is 8.07 Å². The summed E-state index contributed by atoms with van der Waals surface area (Å²) in [5.41, 5.74) is 18.6. The van der Waals surface area contributed by atoms with Gasteiger partial charge in [-0.25, -0.2) is 0 Å². The van der Waals surface area contributed by atoms with Crippen LogP contribution in [0.4, 0.5) is 34.1 Å². The first-order chi connectivity index (χ1) is 27.3. The van der Waals surface area contributed by atoms with Gasteiger partial charge in [-0.15, -0.1) is 0 Å². The molecule has 280 valence electrons. The number of hydrogen-bond acceptors (Lipinski definition) is 2. The molecule has 0 aliphatic carbocycles. The summed E-state index contributed by atoms with van der Waals surface area (Å²) in [5.74, 6) is 0. The monoisotopic (exact) mass is 754 g/mol. The first-order valence-corrected chi connectivity index (χ1v) is 22.6. The van der Waals surface area contributed by atoms with Crippen LogP contribution >= 0.6 is 0 Å². The molecule has 4 heteroatoms. The minimum atomic E-state index is -2.84. The van der Waals surface area contributed by atoms with Crippen molar-refractivity contribution < 1.29 is 0 Å². The maximum absolute atomic E-state index is 2.84. The van der Waals surface area contributed by atoms with E-state index in [1.54, 1.807) is 0 Å². The van der Waals surface area contributed by atoms with E-state index in [0.717, 1.165) is 0 Å². The highest BCUT2D eigenvalue weighted by Crippen LogP contribution is 2.46. The normalized spacial score (nSPS) is 14.8. The topological polar surface area (TPSA) is 6.48 Å². The van der Waals surface area contributed by atoms with Crippen molar-refractivity contribution in [3.8, 4) is 0 Å². The highest BCUT2D eigenvalue weighted by atomic mass is 28.3. The van der Waals surface area contributed by atoms with Crippen LogP contribution in [0.5, 0.6) is 0 Å². The van der Waals surface area contributed by atoms with Gasteiger partial charge in [0, 0.05) is 34.1 Å². The van der Waals surface area contributed by atoms with Crippen LogP contribution in [0.1, 0.15) is 69.4 Å². The van der Waals surface area contributed by atoms with Crippen LogP contribution in [-0.4, -0.2) is 14.8 Å². The van der Waals surface area contributed by atoms with Gasteiger partial charge in [0.2, 0.25) is 0 Å². The predicted molar refractivity (Wildman–Crippen MR) is 249 cm³/mol. The fourth-order valence-corrected chi connectivity index (χ4v) is 15.6. The lowest BCUT2D eigenvalue weighted by Crippen LogP contribution is -2.79. The molecule has 7 aromatic carbocycles. The number of anilines is 6. The van der Waals surface area contributed by atoms with E-state index >= 15 is 0 Å². The van der Waals surface area contributed by atoms with E-state index in [1.807, 2.05) is 0 Å². The molecule has 2 nitrogen and oxygen atoms in total. The zero-order valence-corrected chi connectivity index (χ0v) is 35.8. The van der Waals surface area contributed by atoms with E-state index in [4.69, 9.17) is 0 Å². The molecular weight excluding hydrogens is 703 g/mol. The number of hydrogen-bond donors (Lipinski definition) is 0. The van der Waals surface area contributed by atoms with E-state index in [-0.39, 0.29) is 17.5 Å². The Hall–Kier alpha value is -5.58. The quantitative estimate of drug-likeness (QED) is 0.166. The molecule has 0 atom stereocenters. The molecule has 0 radical (unpaired) electrons. The van der Waals surface area contributed by atoms with Gasteiger partial charge in [0.1, 0.15) is 0 Å². The average molecular weight is 755 g/mol. The first-order valence-electron chi connectivity index (χ1n) is 20.6. The average Bonchev–Trinajstić information content (AvgIpc) is 3.18. The number of fused-ring (bicyclic) bond motifs is 6. The Labute approximate surface area is 340 Å². The van der Waals surface area contributed by atoms with E-state index in [1.165, 1.54) is 99.1 Å². The Bertz CT molecular complexity index is 2700. The van der Waals surface area contributed by atoms with Crippen molar-refractivity contribution in [1.29, 1.82) is 0 Å². The van der Waals surface area contributed by atoms with Crippen molar-refractivity contribution in [3.63, 3.8) is 0 Å². The molecule has 0 N–H and O–H groups in total. The van der Waals surface area contributed by atoms with Crippen LogP contribution in [0.2, 0.25) is 0 Å². The van der Waals surface area contributed by atoms with Crippen molar-refractivity contribution >= 4 is 86.0 Å². The molecule has 0 saturated carbocycles. The third-order valence-corrected chi connectivity index (χ3v) is 17.7. The van der Waals surface area contributed by atoms with E-state index in [2.05, 4.69) is 218 Å². The zero-order chi connectivity index (χ0) is 39.6. The second-order valence-electron chi connectivity index (χ2n) is 18.9. The van der Waals surface area contributed by atoms with Crippen LogP contribution in [0.3, 0.4) is 0 Å². The molecule has 0 bridgehead atoms. The van der Waals surface area contributed by atoms with Crippen LogP contribution < -0.4 is 46.9 Å². The van der Waals surface area contributed by atoms with Gasteiger partial charge in [0.05, 0.1) is 0 Å². The van der Waals surface area contributed by atoms with E-state index in [9.17, 15) is 0 Å². The third-order valence-electron chi connectivity index (χ3n) is 12.9. The molecule has 0 amide bonds. The fraction of sp³-hybridized carbons (Fsp3) is 0.208. The summed E-state index contributed by atoms with van der Waals surface area (Å²) in [6, 6.07) is 56.9. The summed E-state index contributed by atoms with van der Waals surface area (Å²) in [6.07, 6.45) is 0. The van der Waals surface area contributed by atoms with Gasteiger partial charge in [0.25, 0.3) is 6.71 Å². The van der Waals surface area contributed by atoms with Gasteiger partial charge >= 0.3 is 0 Å². The van der Waals surface area contributed by atoms with Gasteiger partial charge in [0.15, 0.2) is 8.07 Å². The van der Waals surface area contributed by atoms with E-state index in [0.29, 0.717) is 0 Å². The largest absolute Gasteiger partial charge is 0.312 e. The van der Waals surface area contributed by atoms with Crippen molar-refractivity contribution in [2.75, 3.05) is 9.80 Å². The minimum absolute atomic E-state index is 0.00315. The fourth-order valence-electron chi connectivity index (χ4n) is 10.3. The molecule has 3 heterocycles. The number of benzene rings is 7. The second kappa shape index (κ2) is 12.5. The van der Waals surface area contributed by atoms with Gasteiger partial charge in [-0.05, 0) is 122 Å². The minimum Gasteiger partial charge on any atom is -0.312 e. The number of rotatable bonds is 3. The summed E-state index contributed by atoms with van der Waals surface area (Å²) in [5, 5.41) is 5.79. The lowest BCUT2D eigenvalue weighted by molar-refractivity contribution is 0.590. The summed E-state index contributed by atoms with van der Waals surface area (Å²) in [4.78, 5) is 5.24. The molecule has 3 aliphatic heterocycles. The molecule has 0 spiro atoms. The molecule has 57 heavy (non-hydrogen) atoms. The Morgan fingerprint density at radius 1 is 0.439 bits per heavy atom. The van der Waals surface area contributed by atoms with Crippen molar-refractivity contribution in [1.82, 2.24) is 0 Å². The summed E-state index contributed by atoms with van der Waals surface area (Å²) >= 11 is 0. The zero-order valence-electron chi connectivity index (χ0n) is 34.8. The van der Waals surface area contributed by atoms with Crippen LogP contribution in [0.25, 0.3) is 0 Å². The molecule has 0 unspecified atom stereocenters. The molecule has 0 saturated heterocycles. The standard InChI is InChI=1S/C53H51BN2Si/c1-34-20-26-45-48(31-34)57(40-16-12-10-13-17-40,41-18-14-11-15-19-41)49-32-35(2)28-43-51(49)56(45)47-30-36(3)29-46-50(47)54(43)42-33-38(53(7,8)9)23-27-44(42)55(46)39-24-21-37(22-25-39)52(4,5)6/h10-33H,1-9H3. The van der Waals surface area contributed by atoms with Crippen molar-refractivity contribution in [2.24, 2.45) is 0 Å². The summed E-state index contributed by atoms with van der Waals surface area (Å²) in [6.45, 7) is 20.9. The molecule has 7 aromatic rings. The highest BCUT2D eigenvalue weighted by Gasteiger charge is 2.53. The molecule has 0 fully saturated rings. The Morgan fingerprint density at radius 3 is 1.60 bits per heavy atom. The smallest absolute Gasteiger partial charge is 0.252 e. The van der Waals surface area contributed by atoms with Gasteiger partial charge in [-0.3, -0.25) is 0 Å². The second-order valence-corrected chi connectivity index (χ2v) is 22.6. The Kier molecular flexibility index (Phi) is 7.83. The molecule has 3 aliphatic rings.